The van der Waals surface area contributed by atoms with E-state index in [9.17, 15) is 5.26 Å². The first-order chi connectivity index (χ1) is 24.6. The molecule has 15 nitrogen and oxygen atoms in total. The lowest BCUT2D eigenvalue weighted by Crippen LogP contribution is -2.52. The molecule has 1 saturated carbocycles. The molecule has 1 N–H and O–H groups in total. The highest BCUT2D eigenvalue weighted by molar-refractivity contribution is 7.09. The van der Waals surface area contributed by atoms with Crippen molar-refractivity contribution in [1.29, 1.82) is 5.26 Å². The van der Waals surface area contributed by atoms with Crippen LogP contribution in [0.3, 0.4) is 0 Å². The van der Waals surface area contributed by atoms with Crippen molar-refractivity contribution in [2.75, 3.05) is 18.5 Å². The van der Waals surface area contributed by atoms with Crippen LogP contribution in [0.25, 0.3) is 11.3 Å². The maximum absolute atomic E-state index is 9.75. The molecular weight excluding hydrogens is 657 g/mol. The summed E-state index contributed by atoms with van der Waals surface area (Å²) in [5, 5.41) is 32.1. The van der Waals surface area contributed by atoms with E-state index < -0.39 is 0 Å². The van der Waals surface area contributed by atoms with Gasteiger partial charge >= 0.3 is 0 Å². The second kappa shape index (κ2) is 14.5. The van der Waals surface area contributed by atoms with E-state index in [-0.39, 0.29) is 12.1 Å². The molecule has 16 heteroatoms. The average molecular weight is 695 g/mol. The molecule has 0 unspecified atom stereocenters. The summed E-state index contributed by atoms with van der Waals surface area (Å²) >= 11 is 1.54. The molecule has 258 valence electrons. The molecule has 0 radical (unpaired) electrons. The summed E-state index contributed by atoms with van der Waals surface area (Å²) in [5.74, 6) is 1.33. The van der Waals surface area contributed by atoms with E-state index in [2.05, 4.69) is 41.8 Å². The molecule has 3 aliphatic rings. The monoisotopic (exact) mass is 694 g/mol. The zero-order valence-electron chi connectivity index (χ0n) is 27.7. The minimum atomic E-state index is -0.285. The number of nitrogens with one attached hydrogen (secondary N) is 1. The highest BCUT2D eigenvalue weighted by Gasteiger charge is 2.42. The maximum atomic E-state index is 9.75. The van der Waals surface area contributed by atoms with Crippen LogP contribution >= 0.6 is 11.3 Å². The lowest BCUT2D eigenvalue weighted by molar-refractivity contribution is -0.0458. The van der Waals surface area contributed by atoms with E-state index in [4.69, 9.17) is 24.3 Å². The number of fused-ring (bicyclic) bond motifs is 2. The molecule has 3 fully saturated rings. The van der Waals surface area contributed by atoms with Gasteiger partial charge in [-0.25, -0.2) is 19.6 Å². The van der Waals surface area contributed by atoms with Gasteiger partial charge in [0.25, 0.3) is 5.88 Å². The number of rotatable bonds is 12. The van der Waals surface area contributed by atoms with Gasteiger partial charge in [-0.1, -0.05) is 6.07 Å². The molecule has 0 spiro atoms. The number of nitrogens with zero attached hydrogens (tertiary/aromatic N) is 11. The number of anilines is 2. The van der Waals surface area contributed by atoms with E-state index in [0.717, 1.165) is 49.5 Å². The number of hydrogen-bond donors (Lipinski definition) is 1. The second-order valence-corrected chi connectivity index (χ2v) is 14.0. The van der Waals surface area contributed by atoms with Gasteiger partial charge in [0.05, 0.1) is 43.3 Å². The second-order valence-electron chi connectivity index (χ2n) is 13.0. The van der Waals surface area contributed by atoms with Crippen LogP contribution in [0.4, 0.5) is 11.6 Å². The quantitative estimate of drug-likeness (QED) is 0.190. The Morgan fingerprint density at radius 3 is 2.62 bits per heavy atom. The van der Waals surface area contributed by atoms with Crippen LogP contribution in [0.5, 0.6) is 11.6 Å². The molecule has 2 saturated heterocycles. The fraction of sp³-hybridized carbons (Fsp3) is 0.471. The molecule has 1 aromatic carbocycles. The van der Waals surface area contributed by atoms with Crippen molar-refractivity contribution in [2.24, 2.45) is 0 Å². The van der Waals surface area contributed by atoms with Gasteiger partial charge in [-0.3, -0.25) is 9.58 Å². The number of benzene rings is 1. The Labute approximate surface area is 293 Å². The molecule has 5 aromatic rings. The van der Waals surface area contributed by atoms with Crippen molar-refractivity contribution in [3.63, 3.8) is 0 Å². The molecule has 6 heterocycles. The van der Waals surface area contributed by atoms with Gasteiger partial charge in [0, 0.05) is 41.5 Å². The maximum Gasteiger partial charge on any atom is 0.257 e. The fourth-order valence-electron chi connectivity index (χ4n) is 7.44. The van der Waals surface area contributed by atoms with Crippen molar-refractivity contribution in [3.8, 4) is 29.0 Å². The summed E-state index contributed by atoms with van der Waals surface area (Å²) < 4.78 is 21.8. The first-order valence-corrected chi connectivity index (χ1v) is 17.9. The third kappa shape index (κ3) is 7.02. The van der Waals surface area contributed by atoms with E-state index in [0.29, 0.717) is 65.8 Å². The Balaban J connectivity index is 0.993. The standard InChI is InChI=1S/C34H38N12O3S/c1-22(16-44-21-38-42-43-44)49-31-14-23(2-3-24(31)15-35)29-10-11-37-34(39-29)40-30-17-45(41-33(30)48-20-32-36-12-13-50-32)25-4-6-26(7-5-25)46-27-8-9-28(46)19-47-18-27/h2-3,10-14,17,21-22,25-28H,4-9,16,18-20H2,1H3,(H,37,39,40)/t22-,25?,26?,27-,28+/m0/s1. The summed E-state index contributed by atoms with van der Waals surface area (Å²) in [6.07, 6.45) is 13.6. The zero-order chi connectivity index (χ0) is 33.9. The highest BCUT2D eigenvalue weighted by Crippen LogP contribution is 2.39. The van der Waals surface area contributed by atoms with Gasteiger partial charge < -0.3 is 19.5 Å². The van der Waals surface area contributed by atoms with Crippen LogP contribution in [-0.2, 0) is 17.9 Å². The summed E-state index contributed by atoms with van der Waals surface area (Å²) in [6, 6.07) is 11.5. The molecule has 50 heavy (non-hydrogen) atoms. The predicted molar refractivity (Wildman–Crippen MR) is 183 cm³/mol. The van der Waals surface area contributed by atoms with Gasteiger partial charge in [-0.15, -0.1) is 21.5 Å². The number of tetrazole rings is 1. The topological polar surface area (TPSA) is 167 Å². The van der Waals surface area contributed by atoms with Gasteiger partial charge in [-0.2, -0.15) is 5.26 Å². The highest BCUT2D eigenvalue weighted by atomic mass is 32.1. The molecule has 2 aliphatic heterocycles. The smallest absolute Gasteiger partial charge is 0.257 e. The lowest BCUT2D eigenvalue weighted by atomic mass is 9.89. The number of thiazole rings is 1. The molecule has 2 bridgehead atoms. The van der Waals surface area contributed by atoms with Gasteiger partial charge in [0.15, 0.2) is 0 Å². The van der Waals surface area contributed by atoms with Crippen LogP contribution in [0.15, 0.2) is 54.6 Å². The number of hydrogen-bond acceptors (Lipinski definition) is 14. The Morgan fingerprint density at radius 1 is 1.04 bits per heavy atom. The predicted octanol–water partition coefficient (Wildman–Crippen LogP) is 4.79. The molecule has 4 aromatic heterocycles. The van der Waals surface area contributed by atoms with E-state index in [1.54, 1.807) is 34.5 Å². The Hall–Kier alpha value is -4.98. The van der Waals surface area contributed by atoms with Crippen molar-refractivity contribution in [1.82, 2.24) is 49.8 Å². The van der Waals surface area contributed by atoms with Crippen LogP contribution in [0, 0.1) is 11.3 Å². The van der Waals surface area contributed by atoms with Crippen molar-refractivity contribution in [2.45, 2.75) is 88.9 Å². The van der Waals surface area contributed by atoms with E-state index in [1.807, 2.05) is 41.4 Å². The van der Waals surface area contributed by atoms with Gasteiger partial charge in [0.1, 0.15) is 41.6 Å². The fourth-order valence-corrected chi connectivity index (χ4v) is 7.97. The number of nitriles is 1. The zero-order valence-corrected chi connectivity index (χ0v) is 28.5. The number of morpholine rings is 1. The van der Waals surface area contributed by atoms with Crippen LogP contribution in [0.2, 0.25) is 0 Å². The van der Waals surface area contributed by atoms with Crippen molar-refractivity contribution >= 4 is 23.0 Å². The first kappa shape index (κ1) is 32.2. The molecule has 8 rings (SSSR count). The van der Waals surface area contributed by atoms with Gasteiger partial charge in [0.2, 0.25) is 5.95 Å². The Kier molecular flexibility index (Phi) is 9.33. The first-order valence-electron chi connectivity index (χ1n) is 17.1. The number of ether oxygens (including phenoxy) is 3. The summed E-state index contributed by atoms with van der Waals surface area (Å²) in [4.78, 5) is 16.5. The lowest BCUT2D eigenvalue weighted by Gasteiger charge is -2.43. The molecule has 0 amide bonds. The largest absolute Gasteiger partial charge is 0.487 e. The normalized spacial score (nSPS) is 22.6. The third-order valence-electron chi connectivity index (χ3n) is 9.74. The minimum Gasteiger partial charge on any atom is -0.487 e. The van der Waals surface area contributed by atoms with Crippen LogP contribution in [0.1, 0.15) is 62.1 Å². The van der Waals surface area contributed by atoms with Crippen molar-refractivity contribution in [3.05, 3.63) is 65.1 Å². The Bertz CT molecular complexity index is 1900. The molecular formula is C34H38N12O3S. The molecule has 3 atom stereocenters. The van der Waals surface area contributed by atoms with Crippen LogP contribution in [-0.4, -0.2) is 87.3 Å². The summed E-state index contributed by atoms with van der Waals surface area (Å²) in [5.41, 5.74) is 2.55. The minimum absolute atomic E-state index is 0.273. The summed E-state index contributed by atoms with van der Waals surface area (Å²) in [6.45, 7) is 4.39. The van der Waals surface area contributed by atoms with Crippen molar-refractivity contribution < 1.29 is 14.2 Å². The average Bonchev–Trinajstić information content (AvgIpc) is 3.96. The van der Waals surface area contributed by atoms with Gasteiger partial charge in [-0.05, 0) is 74.1 Å². The van der Waals surface area contributed by atoms with E-state index >= 15 is 0 Å². The summed E-state index contributed by atoms with van der Waals surface area (Å²) in [7, 11) is 0. The van der Waals surface area contributed by atoms with Crippen LogP contribution < -0.4 is 14.8 Å². The Morgan fingerprint density at radius 2 is 1.86 bits per heavy atom. The molecule has 1 aliphatic carbocycles. The van der Waals surface area contributed by atoms with E-state index in [1.165, 1.54) is 19.2 Å². The number of aromatic nitrogens is 9. The SMILES string of the molecule is C[C@@H](Cn1cnnn1)Oc1cc(-c2ccnc(Nc3cn(C4CCC(N5[C@@H]6CC[C@H]5COC6)CC4)nc3OCc3nccs3)n2)ccc1C#N. The third-order valence-corrected chi connectivity index (χ3v) is 10.5.